The molecule has 0 unspecified atom stereocenters. The molecule has 0 atom stereocenters. The number of sulfonamides is 1. The number of fused-ring (bicyclic) bond motifs is 1. The summed E-state index contributed by atoms with van der Waals surface area (Å²) in [7, 11) is -3.54. The molecule has 0 aromatic heterocycles. The topological polar surface area (TPSA) is 57.7 Å². The minimum absolute atomic E-state index is 0.0602. The number of hydrogen-bond donors (Lipinski definition) is 0. The van der Waals surface area contributed by atoms with Crippen LogP contribution in [0.3, 0.4) is 0 Å². The molecular formula is C24H32N2O3S. The van der Waals surface area contributed by atoms with Crippen LogP contribution in [0.1, 0.15) is 51.9 Å². The summed E-state index contributed by atoms with van der Waals surface area (Å²) in [5.74, 6) is 0.169. The number of piperidine rings is 1. The van der Waals surface area contributed by atoms with Crippen molar-refractivity contribution in [3.63, 3.8) is 0 Å². The van der Waals surface area contributed by atoms with Gasteiger partial charge in [0.05, 0.1) is 4.90 Å². The van der Waals surface area contributed by atoms with Gasteiger partial charge in [0, 0.05) is 31.6 Å². The molecule has 0 bridgehead atoms. The van der Waals surface area contributed by atoms with Crippen LogP contribution in [0.25, 0.3) is 10.8 Å². The van der Waals surface area contributed by atoms with Gasteiger partial charge in [-0.15, -0.1) is 0 Å². The van der Waals surface area contributed by atoms with E-state index in [9.17, 15) is 13.2 Å². The van der Waals surface area contributed by atoms with E-state index in [-0.39, 0.29) is 11.8 Å². The van der Waals surface area contributed by atoms with Crippen LogP contribution in [0.2, 0.25) is 0 Å². The second kappa shape index (κ2) is 9.06. The minimum atomic E-state index is -3.54. The Balaban J connectivity index is 1.43. The first-order valence-electron chi connectivity index (χ1n) is 11.3. The van der Waals surface area contributed by atoms with Crippen LogP contribution < -0.4 is 0 Å². The van der Waals surface area contributed by atoms with Crippen LogP contribution in [0.5, 0.6) is 0 Å². The number of amides is 1. The van der Waals surface area contributed by atoms with Crippen molar-refractivity contribution in [2.75, 3.05) is 19.6 Å². The second-order valence-electron chi connectivity index (χ2n) is 8.60. The van der Waals surface area contributed by atoms with Crippen molar-refractivity contribution in [2.24, 2.45) is 5.92 Å². The zero-order chi connectivity index (χ0) is 21.1. The van der Waals surface area contributed by atoms with E-state index >= 15 is 0 Å². The molecule has 1 aliphatic heterocycles. The van der Waals surface area contributed by atoms with Gasteiger partial charge in [-0.1, -0.05) is 49.6 Å². The Morgan fingerprint density at radius 2 is 1.63 bits per heavy atom. The first-order valence-corrected chi connectivity index (χ1v) is 12.7. The predicted octanol–water partition coefficient (Wildman–Crippen LogP) is 4.42. The van der Waals surface area contributed by atoms with Crippen molar-refractivity contribution in [3.05, 3.63) is 42.5 Å². The molecule has 1 saturated carbocycles. The Hall–Kier alpha value is -1.92. The molecule has 1 amide bonds. The molecule has 1 heterocycles. The molecule has 2 aromatic carbocycles. The van der Waals surface area contributed by atoms with Crippen LogP contribution in [-0.4, -0.2) is 49.2 Å². The molecule has 162 valence electrons. The van der Waals surface area contributed by atoms with E-state index in [1.165, 1.54) is 19.3 Å². The van der Waals surface area contributed by atoms with E-state index in [1.807, 2.05) is 30.3 Å². The molecule has 2 aromatic rings. The van der Waals surface area contributed by atoms with Crippen molar-refractivity contribution in [2.45, 2.75) is 62.8 Å². The maximum atomic E-state index is 13.2. The lowest BCUT2D eigenvalue weighted by molar-refractivity contribution is -0.139. The van der Waals surface area contributed by atoms with Crippen molar-refractivity contribution in [3.8, 4) is 0 Å². The maximum Gasteiger partial charge on any atom is 0.243 e. The molecule has 2 aliphatic rings. The fraction of sp³-hybridized carbons (Fsp3) is 0.542. The summed E-state index contributed by atoms with van der Waals surface area (Å²) in [6, 6.07) is 13.5. The number of hydrogen-bond acceptors (Lipinski definition) is 3. The molecule has 5 nitrogen and oxygen atoms in total. The minimum Gasteiger partial charge on any atom is -0.340 e. The van der Waals surface area contributed by atoms with Gasteiger partial charge in [-0.25, -0.2) is 8.42 Å². The van der Waals surface area contributed by atoms with Crippen LogP contribution in [0.4, 0.5) is 0 Å². The third kappa shape index (κ3) is 4.26. The average Bonchev–Trinajstić information content (AvgIpc) is 2.80. The second-order valence-corrected chi connectivity index (χ2v) is 10.5. The van der Waals surface area contributed by atoms with Gasteiger partial charge in [-0.2, -0.15) is 4.31 Å². The average molecular weight is 429 g/mol. The van der Waals surface area contributed by atoms with E-state index in [1.54, 1.807) is 16.4 Å². The molecule has 6 heteroatoms. The van der Waals surface area contributed by atoms with Crippen molar-refractivity contribution in [1.82, 2.24) is 9.21 Å². The summed E-state index contributed by atoms with van der Waals surface area (Å²) in [6.07, 6.45) is 7.11. The Labute approximate surface area is 180 Å². The fourth-order valence-corrected chi connectivity index (χ4v) is 6.55. The molecule has 4 rings (SSSR count). The normalized spacial score (nSPS) is 19.8. The quantitative estimate of drug-likeness (QED) is 0.708. The molecular weight excluding hydrogens is 396 g/mol. The van der Waals surface area contributed by atoms with Gasteiger partial charge >= 0.3 is 0 Å². The van der Waals surface area contributed by atoms with E-state index in [2.05, 4.69) is 11.8 Å². The SMILES string of the molecule is CCN(C(=O)C1CCN(S(=O)(=O)c2ccc3ccccc3c2)CC1)C1CCCCC1. The summed E-state index contributed by atoms with van der Waals surface area (Å²) < 4.78 is 27.9. The molecule has 0 spiro atoms. The highest BCUT2D eigenvalue weighted by molar-refractivity contribution is 7.89. The van der Waals surface area contributed by atoms with Gasteiger partial charge in [0.1, 0.15) is 0 Å². The van der Waals surface area contributed by atoms with Crippen LogP contribution in [0.15, 0.2) is 47.4 Å². The van der Waals surface area contributed by atoms with Gasteiger partial charge in [0.2, 0.25) is 15.9 Å². The molecule has 30 heavy (non-hydrogen) atoms. The number of rotatable bonds is 5. The lowest BCUT2D eigenvalue weighted by Crippen LogP contribution is -2.48. The molecule has 2 fully saturated rings. The Kier molecular flexibility index (Phi) is 6.44. The number of benzene rings is 2. The number of carbonyl (C=O) groups is 1. The smallest absolute Gasteiger partial charge is 0.243 e. The van der Waals surface area contributed by atoms with E-state index in [0.717, 1.165) is 30.2 Å². The monoisotopic (exact) mass is 428 g/mol. The van der Waals surface area contributed by atoms with Crippen molar-refractivity contribution in [1.29, 1.82) is 0 Å². The van der Waals surface area contributed by atoms with Gasteiger partial charge in [-0.05, 0) is 55.5 Å². The van der Waals surface area contributed by atoms with Crippen LogP contribution >= 0.6 is 0 Å². The van der Waals surface area contributed by atoms with Gasteiger partial charge in [0.25, 0.3) is 0 Å². The van der Waals surface area contributed by atoms with Gasteiger partial charge in [0.15, 0.2) is 0 Å². The Morgan fingerprint density at radius 3 is 2.30 bits per heavy atom. The first kappa shape index (κ1) is 21.3. The summed E-state index contributed by atoms with van der Waals surface area (Å²) >= 11 is 0. The van der Waals surface area contributed by atoms with Crippen LogP contribution in [-0.2, 0) is 14.8 Å². The summed E-state index contributed by atoms with van der Waals surface area (Å²) in [5.41, 5.74) is 0. The summed E-state index contributed by atoms with van der Waals surface area (Å²) in [6.45, 7) is 3.63. The zero-order valence-corrected chi connectivity index (χ0v) is 18.6. The summed E-state index contributed by atoms with van der Waals surface area (Å²) in [4.78, 5) is 15.6. The standard InChI is InChI=1S/C24H32N2O3S/c1-2-26(22-10-4-3-5-11-22)24(27)20-14-16-25(17-15-20)30(28,29)23-13-12-19-8-6-7-9-21(19)18-23/h6-9,12-13,18,20,22H,2-5,10-11,14-17H2,1H3. The Morgan fingerprint density at radius 1 is 0.967 bits per heavy atom. The Bertz CT molecular complexity index is 990. The third-order valence-electron chi connectivity index (χ3n) is 6.80. The lowest BCUT2D eigenvalue weighted by atomic mass is 9.91. The van der Waals surface area contributed by atoms with Gasteiger partial charge < -0.3 is 4.90 Å². The number of nitrogens with zero attached hydrogens (tertiary/aromatic N) is 2. The van der Waals surface area contributed by atoms with Crippen molar-refractivity contribution < 1.29 is 13.2 Å². The number of carbonyl (C=O) groups excluding carboxylic acids is 1. The fourth-order valence-electron chi connectivity index (χ4n) is 5.04. The third-order valence-corrected chi connectivity index (χ3v) is 8.70. The zero-order valence-electron chi connectivity index (χ0n) is 17.8. The van der Waals surface area contributed by atoms with Gasteiger partial charge in [-0.3, -0.25) is 4.79 Å². The highest BCUT2D eigenvalue weighted by atomic mass is 32.2. The first-order chi connectivity index (χ1) is 14.5. The predicted molar refractivity (Wildman–Crippen MR) is 120 cm³/mol. The molecule has 0 N–H and O–H groups in total. The van der Waals surface area contributed by atoms with Crippen LogP contribution in [0, 0.1) is 5.92 Å². The molecule has 0 radical (unpaired) electrons. The van der Waals surface area contributed by atoms with E-state index in [0.29, 0.717) is 36.9 Å². The highest BCUT2D eigenvalue weighted by Gasteiger charge is 2.35. The highest BCUT2D eigenvalue weighted by Crippen LogP contribution is 2.29. The van der Waals surface area contributed by atoms with E-state index < -0.39 is 10.0 Å². The molecule has 1 saturated heterocycles. The van der Waals surface area contributed by atoms with Crippen molar-refractivity contribution >= 4 is 26.7 Å². The summed E-state index contributed by atoms with van der Waals surface area (Å²) in [5, 5.41) is 1.96. The maximum absolute atomic E-state index is 13.2. The molecule has 1 aliphatic carbocycles. The van der Waals surface area contributed by atoms with E-state index in [4.69, 9.17) is 0 Å². The largest absolute Gasteiger partial charge is 0.340 e. The lowest BCUT2D eigenvalue weighted by Gasteiger charge is -2.38.